The van der Waals surface area contributed by atoms with E-state index in [1.165, 1.54) is 6.34 Å². The van der Waals surface area contributed by atoms with E-state index in [0.717, 1.165) is 5.70 Å². The van der Waals surface area contributed by atoms with Crippen LogP contribution in [0.2, 0.25) is 0 Å². The fourth-order valence-electron chi connectivity index (χ4n) is 0.305. The highest BCUT2D eigenvalue weighted by atomic mass is 15.1. The Bertz CT molecular complexity index is 105. The Morgan fingerprint density at radius 1 is 1.62 bits per heavy atom. The Labute approximate surface area is 50.3 Å². The van der Waals surface area contributed by atoms with Gasteiger partial charge in [0.1, 0.15) is 0 Å². The molecule has 2 nitrogen and oxygen atoms in total. The van der Waals surface area contributed by atoms with Gasteiger partial charge in [-0.05, 0) is 13.8 Å². The molecule has 0 aliphatic rings. The molecular weight excluding hydrogens is 100 g/mol. The van der Waals surface area contributed by atoms with E-state index >= 15 is 0 Å². The monoisotopic (exact) mass is 112 g/mol. The van der Waals surface area contributed by atoms with Gasteiger partial charge in [0.05, 0.1) is 6.34 Å². The van der Waals surface area contributed by atoms with Gasteiger partial charge in [0.25, 0.3) is 0 Å². The van der Waals surface area contributed by atoms with E-state index in [0.29, 0.717) is 0 Å². The lowest BCUT2D eigenvalue weighted by Gasteiger charge is -2.10. The quantitative estimate of drug-likeness (QED) is 0.425. The van der Waals surface area contributed by atoms with Gasteiger partial charge in [-0.1, -0.05) is 6.08 Å². The molecule has 0 aromatic carbocycles. The maximum absolute atomic E-state index is 6.80. The summed E-state index contributed by atoms with van der Waals surface area (Å²) in [6.07, 6.45) is 3.25. The molecule has 0 bridgehead atoms. The lowest BCUT2D eigenvalue weighted by atomic mass is 10.4. The van der Waals surface area contributed by atoms with Crippen LogP contribution in [-0.2, 0) is 0 Å². The molecule has 0 aliphatic heterocycles. The van der Waals surface area contributed by atoms with Crippen molar-refractivity contribution in [3.8, 4) is 0 Å². The first-order chi connectivity index (χ1) is 3.72. The standard InChI is InChI=1S/C6H12N2/c1-4-6(2)8(3)5-7/h4-5,7H,1-3H3/b6-4+,7-5?. The molecular formula is C6H12N2. The molecule has 0 atom stereocenters. The summed E-state index contributed by atoms with van der Waals surface area (Å²) in [5.41, 5.74) is 1.10. The van der Waals surface area contributed by atoms with Crippen LogP contribution < -0.4 is 0 Å². The van der Waals surface area contributed by atoms with Crippen molar-refractivity contribution in [3.63, 3.8) is 0 Å². The van der Waals surface area contributed by atoms with Crippen molar-refractivity contribution >= 4 is 6.34 Å². The van der Waals surface area contributed by atoms with Crippen molar-refractivity contribution in [2.24, 2.45) is 0 Å². The first-order valence-corrected chi connectivity index (χ1v) is 2.58. The van der Waals surface area contributed by atoms with Gasteiger partial charge in [-0.25, -0.2) is 0 Å². The smallest absolute Gasteiger partial charge is 0.0856 e. The molecule has 0 unspecified atom stereocenters. The van der Waals surface area contributed by atoms with Gasteiger partial charge in [0.15, 0.2) is 0 Å². The predicted octanol–water partition coefficient (Wildman–Crippen LogP) is 1.45. The summed E-state index contributed by atoms with van der Waals surface area (Å²) in [6.45, 7) is 3.92. The lowest BCUT2D eigenvalue weighted by molar-refractivity contribution is 0.640. The summed E-state index contributed by atoms with van der Waals surface area (Å²) in [4.78, 5) is 1.75. The molecule has 0 spiro atoms. The molecule has 0 saturated carbocycles. The van der Waals surface area contributed by atoms with Crippen molar-refractivity contribution < 1.29 is 0 Å². The van der Waals surface area contributed by atoms with E-state index in [9.17, 15) is 0 Å². The average Bonchev–Trinajstić information content (AvgIpc) is 1.84. The summed E-state index contributed by atoms with van der Waals surface area (Å²) >= 11 is 0. The largest absolute Gasteiger partial charge is 0.340 e. The van der Waals surface area contributed by atoms with Crippen LogP contribution in [0.3, 0.4) is 0 Å². The van der Waals surface area contributed by atoms with Gasteiger partial charge < -0.3 is 4.90 Å². The molecule has 0 heterocycles. The first kappa shape index (κ1) is 7.21. The molecule has 0 rings (SSSR count). The fraction of sp³-hybridized carbons (Fsp3) is 0.500. The average molecular weight is 112 g/mol. The number of allylic oxidation sites excluding steroid dienone is 2. The number of hydrogen-bond donors (Lipinski definition) is 1. The Kier molecular flexibility index (Phi) is 2.92. The summed E-state index contributed by atoms with van der Waals surface area (Å²) in [7, 11) is 1.85. The number of nitrogens with zero attached hydrogens (tertiary/aromatic N) is 1. The highest BCUT2D eigenvalue weighted by Gasteiger charge is 1.87. The first-order valence-electron chi connectivity index (χ1n) is 2.58. The molecule has 0 radical (unpaired) electrons. The summed E-state index contributed by atoms with van der Waals surface area (Å²) in [5.74, 6) is 0. The van der Waals surface area contributed by atoms with Gasteiger partial charge in [-0.2, -0.15) is 0 Å². The van der Waals surface area contributed by atoms with Crippen LogP contribution >= 0.6 is 0 Å². The summed E-state index contributed by atoms with van der Waals surface area (Å²) in [6, 6.07) is 0. The topological polar surface area (TPSA) is 27.1 Å². The zero-order valence-electron chi connectivity index (χ0n) is 5.60. The summed E-state index contributed by atoms with van der Waals surface area (Å²) in [5, 5.41) is 6.80. The molecule has 8 heavy (non-hydrogen) atoms. The third-order valence-corrected chi connectivity index (χ3v) is 1.17. The molecule has 0 aliphatic carbocycles. The molecule has 2 heteroatoms. The van der Waals surface area contributed by atoms with Crippen molar-refractivity contribution in [3.05, 3.63) is 11.8 Å². The van der Waals surface area contributed by atoms with E-state index in [4.69, 9.17) is 5.41 Å². The Morgan fingerprint density at radius 3 is 2.25 bits per heavy atom. The van der Waals surface area contributed by atoms with E-state index in [-0.39, 0.29) is 0 Å². The van der Waals surface area contributed by atoms with Gasteiger partial charge >= 0.3 is 0 Å². The van der Waals surface area contributed by atoms with Crippen LogP contribution in [0.15, 0.2) is 11.8 Å². The van der Waals surface area contributed by atoms with E-state index in [1.54, 1.807) is 4.90 Å². The molecule has 0 aromatic heterocycles. The van der Waals surface area contributed by atoms with Crippen LogP contribution in [0.25, 0.3) is 0 Å². The molecule has 0 fully saturated rings. The van der Waals surface area contributed by atoms with Gasteiger partial charge in [0.2, 0.25) is 0 Å². The number of rotatable bonds is 2. The third kappa shape index (κ3) is 1.78. The second-order valence-corrected chi connectivity index (χ2v) is 1.67. The minimum atomic E-state index is 1.10. The zero-order chi connectivity index (χ0) is 6.57. The van der Waals surface area contributed by atoms with Crippen LogP contribution in [0.1, 0.15) is 13.8 Å². The van der Waals surface area contributed by atoms with Gasteiger partial charge in [-0.15, -0.1) is 0 Å². The zero-order valence-corrected chi connectivity index (χ0v) is 5.60. The highest BCUT2D eigenvalue weighted by molar-refractivity contribution is 5.53. The maximum Gasteiger partial charge on any atom is 0.0856 e. The van der Waals surface area contributed by atoms with E-state index in [1.807, 2.05) is 27.0 Å². The van der Waals surface area contributed by atoms with Crippen LogP contribution in [0.5, 0.6) is 0 Å². The fourth-order valence-corrected chi connectivity index (χ4v) is 0.305. The molecule has 0 saturated heterocycles. The maximum atomic E-state index is 6.80. The summed E-state index contributed by atoms with van der Waals surface area (Å²) < 4.78 is 0. The number of nitrogens with one attached hydrogen (secondary N) is 1. The Hall–Kier alpha value is -0.790. The molecule has 46 valence electrons. The van der Waals surface area contributed by atoms with Crippen molar-refractivity contribution in [2.75, 3.05) is 7.05 Å². The highest BCUT2D eigenvalue weighted by Crippen LogP contribution is 1.93. The molecule has 0 amide bonds. The number of hydrogen-bond acceptors (Lipinski definition) is 1. The van der Waals surface area contributed by atoms with Crippen LogP contribution in [0.4, 0.5) is 0 Å². The minimum absolute atomic E-state index is 1.10. The Morgan fingerprint density at radius 2 is 2.12 bits per heavy atom. The van der Waals surface area contributed by atoms with Crippen molar-refractivity contribution in [1.82, 2.24) is 4.90 Å². The van der Waals surface area contributed by atoms with Crippen LogP contribution in [0, 0.1) is 5.41 Å². The van der Waals surface area contributed by atoms with E-state index in [2.05, 4.69) is 0 Å². The SMILES string of the molecule is C/C=C(\C)N(C)C=N. The molecule has 1 N–H and O–H groups in total. The second-order valence-electron chi connectivity index (χ2n) is 1.67. The Balaban J connectivity index is 3.81. The third-order valence-electron chi connectivity index (χ3n) is 1.17. The lowest BCUT2D eigenvalue weighted by Crippen LogP contribution is -2.11. The van der Waals surface area contributed by atoms with Crippen LogP contribution in [-0.4, -0.2) is 18.3 Å². The predicted molar refractivity (Wildman–Crippen MR) is 36.0 cm³/mol. The minimum Gasteiger partial charge on any atom is -0.340 e. The molecule has 0 aromatic rings. The van der Waals surface area contributed by atoms with Crippen molar-refractivity contribution in [1.29, 1.82) is 5.41 Å². The van der Waals surface area contributed by atoms with Crippen molar-refractivity contribution in [2.45, 2.75) is 13.8 Å². The van der Waals surface area contributed by atoms with E-state index < -0.39 is 0 Å². The second kappa shape index (κ2) is 3.24. The van der Waals surface area contributed by atoms with Gasteiger partial charge in [0, 0.05) is 12.7 Å². The normalized spacial score (nSPS) is 11.1. The van der Waals surface area contributed by atoms with Gasteiger partial charge in [-0.3, -0.25) is 5.41 Å².